The molecule has 0 aromatic carbocycles. The van der Waals surface area contributed by atoms with Crippen molar-refractivity contribution in [1.29, 1.82) is 0 Å². The van der Waals surface area contributed by atoms with Crippen molar-refractivity contribution in [1.82, 2.24) is 14.5 Å². The smallest absolute Gasteiger partial charge is 0.0953 e. The van der Waals surface area contributed by atoms with Crippen LogP contribution in [0.25, 0.3) is 11.3 Å². The first-order valence-corrected chi connectivity index (χ1v) is 6.53. The zero-order chi connectivity index (χ0) is 12.5. The summed E-state index contributed by atoms with van der Waals surface area (Å²) >= 11 is 0. The van der Waals surface area contributed by atoms with Crippen LogP contribution in [0.3, 0.4) is 0 Å². The highest BCUT2D eigenvalue weighted by atomic mass is 15.1. The summed E-state index contributed by atoms with van der Waals surface area (Å²) in [6.07, 6.45) is 11.1. The number of aromatic nitrogens is 3. The number of hydrogen-bond donors (Lipinski definition) is 1. The van der Waals surface area contributed by atoms with Crippen molar-refractivity contribution in [3.05, 3.63) is 31.0 Å². The van der Waals surface area contributed by atoms with Gasteiger partial charge < -0.3 is 10.3 Å². The molecule has 0 saturated heterocycles. The van der Waals surface area contributed by atoms with E-state index in [1.807, 2.05) is 24.8 Å². The molecule has 2 aromatic rings. The van der Waals surface area contributed by atoms with Crippen molar-refractivity contribution in [3.8, 4) is 11.3 Å². The van der Waals surface area contributed by atoms with Gasteiger partial charge in [0.2, 0.25) is 0 Å². The molecule has 2 unspecified atom stereocenters. The Hall–Kier alpha value is -1.84. The lowest BCUT2D eigenvalue weighted by Gasteiger charge is -2.09. The minimum atomic E-state index is 0.599. The number of rotatable bonds is 4. The molecule has 1 aliphatic rings. The van der Waals surface area contributed by atoms with Gasteiger partial charge in [-0.05, 0) is 24.8 Å². The molecule has 0 aliphatic heterocycles. The van der Waals surface area contributed by atoms with Crippen LogP contribution in [0.4, 0.5) is 5.69 Å². The van der Waals surface area contributed by atoms with Gasteiger partial charge in [-0.1, -0.05) is 13.3 Å². The Morgan fingerprint density at radius 3 is 3.06 bits per heavy atom. The highest BCUT2D eigenvalue weighted by molar-refractivity contribution is 5.72. The molecule has 0 radical (unpaired) electrons. The van der Waals surface area contributed by atoms with Gasteiger partial charge in [-0.2, -0.15) is 0 Å². The Bertz CT molecular complexity index is 546. The molecule has 94 valence electrons. The SMILES string of the molecule is CCCC1CC1n1cncc1-c1cnccc1N. The summed E-state index contributed by atoms with van der Waals surface area (Å²) in [6.45, 7) is 2.24. The quantitative estimate of drug-likeness (QED) is 0.896. The second-order valence-electron chi connectivity index (χ2n) is 5.00. The van der Waals surface area contributed by atoms with Gasteiger partial charge in [-0.25, -0.2) is 4.98 Å². The van der Waals surface area contributed by atoms with Crippen LogP contribution in [-0.4, -0.2) is 14.5 Å². The molecular formula is C14H18N4. The molecule has 2 atom stereocenters. The maximum Gasteiger partial charge on any atom is 0.0953 e. The summed E-state index contributed by atoms with van der Waals surface area (Å²) in [7, 11) is 0. The van der Waals surface area contributed by atoms with E-state index in [-0.39, 0.29) is 0 Å². The van der Waals surface area contributed by atoms with E-state index < -0.39 is 0 Å². The van der Waals surface area contributed by atoms with Crippen molar-refractivity contribution in [3.63, 3.8) is 0 Å². The summed E-state index contributed by atoms with van der Waals surface area (Å²) < 4.78 is 2.26. The highest BCUT2D eigenvalue weighted by Gasteiger charge is 2.38. The number of hydrogen-bond acceptors (Lipinski definition) is 3. The Morgan fingerprint density at radius 2 is 2.28 bits per heavy atom. The minimum Gasteiger partial charge on any atom is -0.398 e. The lowest BCUT2D eigenvalue weighted by atomic mass is 10.2. The molecule has 0 amide bonds. The van der Waals surface area contributed by atoms with Crippen molar-refractivity contribution >= 4 is 5.69 Å². The molecule has 0 bridgehead atoms. The second-order valence-corrected chi connectivity index (χ2v) is 5.00. The average Bonchev–Trinajstić information content (AvgIpc) is 2.97. The minimum absolute atomic E-state index is 0.599. The molecule has 0 spiro atoms. The van der Waals surface area contributed by atoms with Crippen molar-refractivity contribution in [2.24, 2.45) is 5.92 Å². The van der Waals surface area contributed by atoms with Gasteiger partial charge >= 0.3 is 0 Å². The largest absolute Gasteiger partial charge is 0.398 e. The fraction of sp³-hybridized carbons (Fsp3) is 0.429. The van der Waals surface area contributed by atoms with Crippen LogP contribution in [0.15, 0.2) is 31.0 Å². The number of pyridine rings is 1. The number of nitrogens with zero attached hydrogens (tertiary/aromatic N) is 3. The van der Waals surface area contributed by atoms with Crippen LogP contribution in [0, 0.1) is 5.92 Å². The van der Waals surface area contributed by atoms with Gasteiger partial charge in [-0.15, -0.1) is 0 Å². The molecule has 1 fully saturated rings. The van der Waals surface area contributed by atoms with Gasteiger partial charge in [0.25, 0.3) is 0 Å². The normalized spacial score (nSPS) is 22.1. The van der Waals surface area contributed by atoms with E-state index >= 15 is 0 Å². The van der Waals surface area contributed by atoms with E-state index in [1.165, 1.54) is 19.3 Å². The van der Waals surface area contributed by atoms with E-state index in [9.17, 15) is 0 Å². The van der Waals surface area contributed by atoms with Gasteiger partial charge in [-0.3, -0.25) is 4.98 Å². The first-order chi connectivity index (χ1) is 8.81. The molecule has 1 aliphatic carbocycles. The molecular weight excluding hydrogens is 224 g/mol. The lowest BCUT2D eigenvalue weighted by Crippen LogP contribution is -2.00. The number of imidazole rings is 1. The maximum atomic E-state index is 6.01. The molecule has 4 heteroatoms. The van der Waals surface area contributed by atoms with Crippen LogP contribution in [0.1, 0.15) is 32.2 Å². The molecule has 18 heavy (non-hydrogen) atoms. The number of nitrogen functional groups attached to an aromatic ring is 1. The van der Waals surface area contributed by atoms with Gasteiger partial charge in [0.15, 0.2) is 0 Å². The van der Waals surface area contributed by atoms with E-state index in [1.54, 1.807) is 6.20 Å². The highest BCUT2D eigenvalue weighted by Crippen LogP contribution is 2.48. The fourth-order valence-corrected chi connectivity index (χ4v) is 2.65. The van der Waals surface area contributed by atoms with Gasteiger partial charge in [0.1, 0.15) is 0 Å². The summed E-state index contributed by atoms with van der Waals surface area (Å²) in [5.41, 5.74) is 8.85. The van der Waals surface area contributed by atoms with Gasteiger partial charge in [0, 0.05) is 29.7 Å². The fourth-order valence-electron chi connectivity index (χ4n) is 2.65. The zero-order valence-electron chi connectivity index (χ0n) is 10.6. The summed E-state index contributed by atoms with van der Waals surface area (Å²) in [5, 5.41) is 0. The van der Waals surface area contributed by atoms with E-state index in [0.29, 0.717) is 6.04 Å². The Labute approximate surface area is 107 Å². The third kappa shape index (κ3) is 1.88. The predicted molar refractivity (Wildman–Crippen MR) is 71.9 cm³/mol. The summed E-state index contributed by atoms with van der Waals surface area (Å²) in [6, 6.07) is 2.44. The molecule has 1 saturated carbocycles. The second kappa shape index (κ2) is 4.44. The van der Waals surface area contributed by atoms with Crippen LogP contribution in [0.2, 0.25) is 0 Å². The third-order valence-corrected chi connectivity index (χ3v) is 3.70. The number of anilines is 1. The van der Waals surface area contributed by atoms with Crippen molar-refractivity contribution in [2.45, 2.75) is 32.2 Å². The molecule has 2 heterocycles. The summed E-state index contributed by atoms with van der Waals surface area (Å²) in [5.74, 6) is 0.806. The maximum absolute atomic E-state index is 6.01. The third-order valence-electron chi connectivity index (χ3n) is 3.70. The van der Waals surface area contributed by atoms with Crippen LogP contribution < -0.4 is 5.73 Å². The topological polar surface area (TPSA) is 56.7 Å². The zero-order valence-corrected chi connectivity index (χ0v) is 10.6. The van der Waals surface area contributed by atoms with E-state index in [0.717, 1.165) is 22.9 Å². The predicted octanol–water partition coefficient (Wildman–Crippen LogP) is 2.89. The van der Waals surface area contributed by atoms with E-state index in [2.05, 4.69) is 21.5 Å². The van der Waals surface area contributed by atoms with Crippen molar-refractivity contribution in [2.75, 3.05) is 5.73 Å². The molecule has 3 rings (SSSR count). The van der Waals surface area contributed by atoms with E-state index in [4.69, 9.17) is 5.73 Å². The Morgan fingerprint density at radius 1 is 1.39 bits per heavy atom. The first-order valence-electron chi connectivity index (χ1n) is 6.53. The first kappa shape index (κ1) is 11.3. The average molecular weight is 242 g/mol. The van der Waals surface area contributed by atoms with Crippen molar-refractivity contribution < 1.29 is 0 Å². The molecule has 2 N–H and O–H groups in total. The van der Waals surface area contributed by atoms with Crippen LogP contribution >= 0.6 is 0 Å². The molecule has 4 nitrogen and oxygen atoms in total. The molecule has 2 aromatic heterocycles. The Kier molecular flexibility index (Phi) is 2.78. The van der Waals surface area contributed by atoms with Crippen LogP contribution in [-0.2, 0) is 0 Å². The lowest BCUT2D eigenvalue weighted by molar-refractivity contribution is 0.611. The monoisotopic (exact) mass is 242 g/mol. The van der Waals surface area contributed by atoms with Gasteiger partial charge in [0.05, 0.1) is 18.2 Å². The van der Waals surface area contributed by atoms with Crippen LogP contribution in [0.5, 0.6) is 0 Å². The standard InChI is InChI=1S/C14H18N4/c1-2-3-10-6-13(10)18-9-17-8-14(18)11-7-16-5-4-12(11)15/h4-5,7-10,13H,2-3,6H2,1H3,(H2,15,16). The number of nitrogens with two attached hydrogens (primary N) is 1. The summed E-state index contributed by atoms with van der Waals surface area (Å²) in [4.78, 5) is 8.43. The Balaban J connectivity index is 1.91.